The standard InChI is InChI=1S/C16H20Br3NO9/c1-7(21)25-5-11-12(26-8(2)22)13(27-9(3)23)14(28-10(4)24)15(29-11)20-6-16(17,18)19/h6,11-15H,5H2,1-4H3/b20-6-/t11-,12-,13+,14-,15-/m1/s1. The van der Waals surface area contributed by atoms with E-state index < -0.39 is 56.7 Å². The van der Waals surface area contributed by atoms with E-state index in [-0.39, 0.29) is 6.61 Å². The van der Waals surface area contributed by atoms with Crippen LogP contribution in [-0.2, 0) is 42.9 Å². The molecule has 0 aliphatic carbocycles. The molecule has 1 aliphatic heterocycles. The van der Waals surface area contributed by atoms with Crippen LogP contribution < -0.4 is 0 Å². The van der Waals surface area contributed by atoms with Crippen molar-refractivity contribution in [2.45, 2.75) is 60.5 Å². The summed E-state index contributed by atoms with van der Waals surface area (Å²) in [5.41, 5.74) is 0. The third kappa shape index (κ3) is 9.53. The summed E-state index contributed by atoms with van der Waals surface area (Å²) in [5.74, 6) is -2.70. The van der Waals surface area contributed by atoms with E-state index in [4.69, 9.17) is 23.7 Å². The summed E-state index contributed by atoms with van der Waals surface area (Å²) in [5, 5.41) is 0. The monoisotopic (exact) mass is 607 g/mol. The number of halogens is 3. The molecule has 0 aromatic heterocycles. The summed E-state index contributed by atoms with van der Waals surface area (Å²) in [6, 6.07) is 0. The molecule has 0 amide bonds. The first-order valence-corrected chi connectivity index (χ1v) is 10.6. The summed E-state index contributed by atoms with van der Waals surface area (Å²) in [4.78, 5) is 50.4. The molecule has 1 aliphatic rings. The first kappa shape index (κ1) is 26.0. The Kier molecular flexibility index (Phi) is 10.2. The molecular formula is C16H20Br3NO9. The van der Waals surface area contributed by atoms with Gasteiger partial charge in [-0.2, -0.15) is 0 Å². The maximum absolute atomic E-state index is 11.7. The van der Waals surface area contributed by atoms with E-state index in [9.17, 15) is 19.2 Å². The fourth-order valence-corrected chi connectivity index (χ4v) is 2.84. The molecule has 1 heterocycles. The van der Waals surface area contributed by atoms with Crippen LogP contribution in [0, 0.1) is 0 Å². The van der Waals surface area contributed by atoms with Gasteiger partial charge in [-0.15, -0.1) is 0 Å². The Morgan fingerprint density at radius 3 is 1.79 bits per heavy atom. The molecular weight excluding hydrogens is 590 g/mol. The van der Waals surface area contributed by atoms with Gasteiger partial charge in [0.25, 0.3) is 0 Å². The van der Waals surface area contributed by atoms with Crippen LogP contribution in [0.15, 0.2) is 4.99 Å². The second kappa shape index (κ2) is 11.4. The molecule has 1 fully saturated rings. The molecule has 10 nitrogen and oxygen atoms in total. The lowest BCUT2D eigenvalue weighted by molar-refractivity contribution is -0.250. The van der Waals surface area contributed by atoms with Crippen LogP contribution >= 0.6 is 47.8 Å². The molecule has 0 saturated carbocycles. The van der Waals surface area contributed by atoms with Gasteiger partial charge in [0.2, 0.25) is 0 Å². The molecule has 1 rings (SSSR count). The minimum atomic E-state index is -1.26. The number of carbonyl (C=O) groups excluding carboxylic acids is 4. The average Bonchev–Trinajstić information content (AvgIpc) is 2.53. The topological polar surface area (TPSA) is 127 Å². The molecule has 29 heavy (non-hydrogen) atoms. The minimum absolute atomic E-state index is 0.314. The predicted octanol–water partition coefficient (Wildman–Crippen LogP) is 1.98. The quantitative estimate of drug-likeness (QED) is 0.192. The summed E-state index contributed by atoms with van der Waals surface area (Å²) in [6.07, 6.45) is -4.56. The molecule has 0 unspecified atom stereocenters. The lowest BCUT2D eigenvalue weighted by atomic mass is 9.97. The van der Waals surface area contributed by atoms with Gasteiger partial charge in [0, 0.05) is 33.9 Å². The number of rotatable bonds is 6. The van der Waals surface area contributed by atoms with Crippen LogP contribution in [-0.4, -0.2) is 69.5 Å². The van der Waals surface area contributed by atoms with E-state index in [1.165, 1.54) is 13.1 Å². The van der Waals surface area contributed by atoms with Crippen molar-refractivity contribution in [2.75, 3.05) is 6.61 Å². The van der Waals surface area contributed by atoms with Gasteiger partial charge in [0.1, 0.15) is 12.7 Å². The lowest BCUT2D eigenvalue weighted by Gasteiger charge is -2.43. The molecule has 0 radical (unpaired) electrons. The second-order valence-corrected chi connectivity index (χ2v) is 12.9. The fourth-order valence-electron chi connectivity index (χ4n) is 2.48. The third-order valence-corrected chi connectivity index (χ3v) is 3.95. The Morgan fingerprint density at radius 2 is 1.34 bits per heavy atom. The van der Waals surface area contributed by atoms with E-state index in [0.29, 0.717) is 0 Å². The van der Waals surface area contributed by atoms with Crippen molar-refractivity contribution >= 4 is 77.9 Å². The van der Waals surface area contributed by atoms with Crippen molar-refractivity contribution in [3.05, 3.63) is 0 Å². The third-order valence-electron chi connectivity index (χ3n) is 3.33. The van der Waals surface area contributed by atoms with E-state index in [2.05, 4.69) is 52.8 Å². The highest BCUT2D eigenvalue weighted by Crippen LogP contribution is 2.33. The molecule has 13 heteroatoms. The number of carbonyl (C=O) groups is 4. The molecule has 0 aromatic rings. The Hall–Kier alpha value is -1.05. The summed E-state index contributed by atoms with van der Waals surface area (Å²) in [7, 11) is 0. The van der Waals surface area contributed by atoms with Crippen molar-refractivity contribution < 1.29 is 42.9 Å². The number of hydrogen-bond donors (Lipinski definition) is 0. The van der Waals surface area contributed by atoms with E-state index in [1.807, 2.05) is 0 Å². The van der Waals surface area contributed by atoms with Crippen molar-refractivity contribution in [3.63, 3.8) is 0 Å². The highest BCUT2D eigenvalue weighted by atomic mass is 80.0. The lowest BCUT2D eigenvalue weighted by Crippen LogP contribution is -2.62. The van der Waals surface area contributed by atoms with Crippen LogP contribution in [0.1, 0.15) is 27.7 Å². The number of alkyl halides is 3. The maximum atomic E-state index is 11.7. The summed E-state index contributed by atoms with van der Waals surface area (Å²) < 4.78 is 25.7. The van der Waals surface area contributed by atoms with E-state index >= 15 is 0 Å². The Balaban J connectivity index is 3.37. The first-order chi connectivity index (χ1) is 13.3. The maximum Gasteiger partial charge on any atom is 0.303 e. The Morgan fingerprint density at radius 1 is 0.862 bits per heavy atom. The zero-order valence-electron chi connectivity index (χ0n) is 15.9. The normalized spacial score (nSPS) is 27.2. The summed E-state index contributed by atoms with van der Waals surface area (Å²) >= 11 is 9.71. The SMILES string of the molecule is CC(=O)OC[C@H]1O[C@@H](/N=C\C(Br)(Br)Br)[C@H](OC(C)=O)[C@@H](OC(C)=O)[C@@H]1OC(C)=O. The van der Waals surface area contributed by atoms with Crippen LogP contribution in [0.4, 0.5) is 0 Å². The largest absolute Gasteiger partial charge is 0.463 e. The van der Waals surface area contributed by atoms with Crippen LogP contribution in [0.25, 0.3) is 0 Å². The molecule has 5 atom stereocenters. The van der Waals surface area contributed by atoms with Gasteiger partial charge in [0.05, 0.1) is 0 Å². The highest BCUT2D eigenvalue weighted by molar-refractivity contribution is 9.40. The van der Waals surface area contributed by atoms with Crippen molar-refractivity contribution in [1.82, 2.24) is 0 Å². The van der Waals surface area contributed by atoms with E-state index in [1.54, 1.807) is 0 Å². The molecule has 164 valence electrons. The van der Waals surface area contributed by atoms with Crippen molar-refractivity contribution in [1.29, 1.82) is 0 Å². The van der Waals surface area contributed by atoms with Crippen LogP contribution in [0.3, 0.4) is 0 Å². The van der Waals surface area contributed by atoms with Gasteiger partial charge in [0.15, 0.2) is 26.7 Å². The molecule has 0 N–H and O–H groups in total. The van der Waals surface area contributed by atoms with Gasteiger partial charge in [-0.3, -0.25) is 24.2 Å². The van der Waals surface area contributed by atoms with Crippen molar-refractivity contribution in [3.8, 4) is 0 Å². The number of esters is 4. The second-order valence-electron chi connectivity index (χ2n) is 5.91. The predicted molar refractivity (Wildman–Crippen MR) is 110 cm³/mol. The van der Waals surface area contributed by atoms with Gasteiger partial charge in [-0.25, -0.2) is 0 Å². The Labute approximate surface area is 192 Å². The number of aliphatic imine (C=N–C) groups is 1. The summed E-state index contributed by atoms with van der Waals surface area (Å²) in [6.45, 7) is 4.32. The molecule has 0 aromatic carbocycles. The fraction of sp³-hybridized carbons (Fsp3) is 0.688. The first-order valence-electron chi connectivity index (χ1n) is 8.21. The molecule has 0 spiro atoms. The molecule has 1 saturated heterocycles. The van der Waals surface area contributed by atoms with Crippen LogP contribution in [0.5, 0.6) is 0 Å². The zero-order valence-corrected chi connectivity index (χ0v) is 20.7. The zero-order chi connectivity index (χ0) is 22.4. The van der Waals surface area contributed by atoms with Gasteiger partial charge in [-0.1, -0.05) is 47.8 Å². The van der Waals surface area contributed by atoms with E-state index in [0.717, 1.165) is 20.8 Å². The van der Waals surface area contributed by atoms with Gasteiger partial charge in [-0.05, 0) is 0 Å². The smallest absolute Gasteiger partial charge is 0.303 e. The Bertz CT molecular complexity index is 665. The van der Waals surface area contributed by atoms with Gasteiger partial charge >= 0.3 is 23.9 Å². The van der Waals surface area contributed by atoms with Crippen molar-refractivity contribution in [2.24, 2.45) is 4.99 Å². The number of nitrogens with zero attached hydrogens (tertiary/aromatic N) is 1. The van der Waals surface area contributed by atoms with Gasteiger partial charge < -0.3 is 23.7 Å². The highest BCUT2D eigenvalue weighted by Gasteiger charge is 2.52. The minimum Gasteiger partial charge on any atom is -0.463 e. The van der Waals surface area contributed by atoms with Crippen LogP contribution in [0.2, 0.25) is 0 Å². The molecule has 0 bridgehead atoms. The average molecular weight is 610 g/mol. The number of hydrogen-bond acceptors (Lipinski definition) is 10. The number of ether oxygens (including phenoxy) is 5.